The van der Waals surface area contributed by atoms with E-state index in [9.17, 15) is 4.79 Å². The van der Waals surface area contributed by atoms with Crippen molar-refractivity contribution < 1.29 is 4.42 Å². The van der Waals surface area contributed by atoms with Gasteiger partial charge in [-0.15, -0.1) is 0 Å². The van der Waals surface area contributed by atoms with Gasteiger partial charge in [0.05, 0.1) is 17.5 Å². The Kier molecular flexibility index (Phi) is 3.15. The predicted molar refractivity (Wildman–Crippen MR) is 65.1 cm³/mol. The first-order chi connectivity index (χ1) is 7.18. The Hall–Kier alpha value is -0.760. The lowest BCUT2D eigenvalue weighted by molar-refractivity contribution is 0.527. The second-order valence-corrected chi connectivity index (χ2v) is 4.90. The minimum absolute atomic E-state index is 0.116. The number of nitrogens with zero attached hydrogens (tertiary/aromatic N) is 1. The van der Waals surface area contributed by atoms with Crippen LogP contribution in [0, 0.1) is 10.5 Å². The molecule has 6 heteroatoms. The van der Waals surface area contributed by atoms with Crippen molar-refractivity contribution in [3.63, 3.8) is 0 Å². The first kappa shape index (κ1) is 10.7. The van der Waals surface area contributed by atoms with Gasteiger partial charge >= 0.3 is 0 Å². The third-order valence-electron chi connectivity index (χ3n) is 1.78. The summed E-state index contributed by atoms with van der Waals surface area (Å²) in [6.07, 6.45) is 3.03. The predicted octanol–water partition coefficient (Wildman–Crippen LogP) is 2.43. The van der Waals surface area contributed by atoms with Gasteiger partial charge in [-0.1, -0.05) is 11.8 Å². The van der Waals surface area contributed by atoms with Gasteiger partial charge in [-0.05, 0) is 35.6 Å². The fourth-order valence-electron chi connectivity index (χ4n) is 1.02. The maximum Gasteiger partial charge on any atom is 0.265 e. The van der Waals surface area contributed by atoms with Gasteiger partial charge in [-0.25, -0.2) is 4.98 Å². The third-order valence-corrected chi connectivity index (χ3v) is 4.30. The molecule has 0 saturated carbocycles. The lowest BCUT2D eigenvalue weighted by atomic mass is 10.5. The number of halogens is 1. The van der Waals surface area contributed by atoms with Gasteiger partial charge < -0.3 is 9.40 Å². The molecule has 0 radical (unpaired) electrons. The molecule has 0 aromatic carbocycles. The van der Waals surface area contributed by atoms with Crippen LogP contribution < -0.4 is 5.56 Å². The van der Waals surface area contributed by atoms with Crippen molar-refractivity contribution in [3.8, 4) is 0 Å². The molecule has 0 bridgehead atoms. The average Bonchev–Trinajstić information content (AvgIpc) is 2.60. The van der Waals surface area contributed by atoms with E-state index in [1.54, 1.807) is 6.26 Å². The molecular weight excluding hydrogens is 327 g/mol. The SMILES string of the molecule is Cc1occc1Sc1nc[nH]c(=O)c1I. The molecule has 0 aliphatic heterocycles. The number of aromatic amines is 1. The number of hydrogen-bond acceptors (Lipinski definition) is 4. The fourth-order valence-corrected chi connectivity index (χ4v) is 2.46. The van der Waals surface area contributed by atoms with E-state index in [1.165, 1.54) is 18.1 Å². The first-order valence-electron chi connectivity index (χ1n) is 4.13. The van der Waals surface area contributed by atoms with Gasteiger partial charge in [0.25, 0.3) is 5.56 Å². The minimum atomic E-state index is -0.116. The van der Waals surface area contributed by atoms with Crippen LogP contribution >= 0.6 is 34.4 Å². The van der Waals surface area contributed by atoms with Crippen molar-refractivity contribution in [1.82, 2.24) is 9.97 Å². The van der Waals surface area contributed by atoms with E-state index < -0.39 is 0 Å². The topological polar surface area (TPSA) is 58.9 Å². The zero-order valence-corrected chi connectivity index (χ0v) is 10.8. The molecule has 0 fully saturated rings. The number of nitrogens with one attached hydrogen (secondary N) is 1. The summed E-state index contributed by atoms with van der Waals surface area (Å²) in [6.45, 7) is 1.88. The summed E-state index contributed by atoms with van der Waals surface area (Å²) in [7, 11) is 0. The molecule has 0 unspecified atom stereocenters. The van der Waals surface area contributed by atoms with Crippen molar-refractivity contribution >= 4 is 34.4 Å². The number of hydrogen-bond donors (Lipinski definition) is 1. The lowest BCUT2D eigenvalue weighted by Gasteiger charge is -2.00. The van der Waals surface area contributed by atoms with Crippen LogP contribution in [0.1, 0.15) is 5.76 Å². The molecule has 2 heterocycles. The van der Waals surface area contributed by atoms with Crippen LogP contribution in [0.3, 0.4) is 0 Å². The zero-order chi connectivity index (χ0) is 10.8. The highest BCUT2D eigenvalue weighted by atomic mass is 127. The second kappa shape index (κ2) is 4.40. The number of aromatic nitrogens is 2. The molecular formula is C9H7IN2O2S. The monoisotopic (exact) mass is 334 g/mol. The standard InChI is InChI=1S/C9H7IN2O2S/c1-5-6(2-3-14-5)15-9-7(10)8(13)11-4-12-9/h2-4H,1H3,(H,11,12,13). The number of furan rings is 1. The van der Waals surface area contributed by atoms with Gasteiger partial charge in [0.2, 0.25) is 0 Å². The van der Waals surface area contributed by atoms with Gasteiger partial charge in [0.1, 0.15) is 14.4 Å². The minimum Gasteiger partial charge on any atom is -0.468 e. The van der Waals surface area contributed by atoms with Crippen molar-refractivity contribution in [1.29, 1.82) is 0 Å². The van der Waals surface area contributed by atoms with Crippen LogP contribution in [0.4, 0.5) is 0 Å². The summed E-state index contributed by atoms with van der Waals surface area (Å²) in [5.41, 5.74) is -0.116. The van der Waals surface area contributed by atoms with E-state index in [-0.39, 0.29) is 5.56 Å². The first-order valence-corrected chi connectivity index (χ1v) is 6.03. The van der Waals surface area contributed by atoms with Crippen molar-refractivity contribution in [2.75, 3.05) is 0 Å². The molecule has 2 aromatic rings. The van der Waals surface area contributed by atoms with E-state index in [2.05, 4.69) is 9.97 Å². The average molecular weight is 334 g/mol. The third kappa shape index (κ3) is 2.25. The Labute approximate surface area is 104 Å². The number of rotatable bonds is 2. The molecule has 0 saturated heterocycles. The smallest absolute Gasteiger partial charge is 0.265 e. The van der Waals surface area contributed by atoms with E-state index in [0.717, 1.165) is 10.7 Å². The van der Waals surface area contributed by atoms with Crippen molar-refractivity contribution in [2.45, 2.75) is 16.8 Å². The summed E-state index contributed by atoms with van der Waals surface area (Å²) in [4.78, 5) is 18.9. The van der Waals surface area contributed by atoms with E-state index >= 15 is 0 Å². The van der Waals surface area contributed by atoms with Crippen LogP contribution in [0.25, 0.3) is 0 Å². The fraction of sp³-hybridized carbons (Fsp3) is 0.111. The van der Waals surface area contributed by atoms with Crippen LogP contribution in [-0.4, -0.2) is 9.97 Å². The van der Waals surface area contributed by atoms with Crippen LogP contribution in [-0.2, 0) is 0 Å². The molecule has 0 aliphatic rings. The summed E-state index contributed by atoms with van der Waals surface area (Å²) < 4.78 is 5.77. The van der Waals surface area contributed by atoms with Crippen molar-refractivity contribution in [3.05, 3.63) is 38.3 Å². The Morgan fingerprint density at radius 2 is 2.40 bits per heavy atom. The summed E-state index contributed by atoms with van der Waals surface area (Å²) >= 11 is 3.41. The quantitative estimate of drug-likeness (QED) is 0.677. The Morgan fingerprint density at radius 3 is 3.07 bits per heavy atom. The number of H-pyrrole nitrogens is 1. The summed E-state index contributed by atoms with van der Waals surface area (Å²) in [5.74, 6) is 0.831. The molecule has 0 spiro atoms. The maximum absolute atomic E-state index is 11.3. The van der Waals surface area contributed by atoms with E-state index in [4.69, 9.17) is 4.42 Å². The Bertz CT molecular complexity index is 535. The van der Waals surface area contributed by atoms with E-state index in [0.29, 0.717) is 8.60 Å². The highest BCUT2D eigenvalue weighted by molar-refractivity contribution is 14.1. The lowest BCUT2D eigenvalue weighted by Crippen LogP contribution is -2.10. The summed E-state index contributed by atoms with van der Waals surface area (Å²) in [5, 5.41) is 0.698. The summed E-state index contributed by atoms with van der Waals surface area (Å²) in [6, 6.07) is 1.86. The van der Waals surface area contributed by atoms with Gasteiger partial charge in [-0.2, -0.15) is 0 Å². The molecule has 1 N–H and O–H groups in total. The Balaban J connectivity index is 2.37. The highest BCUT2D eigenvalue weighted by Crippen LogP contribution is 2.30. The second-order valence-electron chi connectivity index (χ2n) is 2.79. The number of aryl methyl sites for hydroxylation is 1. The normalized spacial score (nSPS) is 10.5. The van der Waals surface area contributed by atoms with E-state index in [1.807, 2.05) is 35.6 Å². The molecule has 78 valence electrons. The van der Waals surface area contributed by atoms with Gasteiger partial charge in [0.15, 0.2) is 0 Å². The molecule has 0 amide bonds. The van der Waals surface area contributed by atoms with Crippen LogP contribution in [0.15, 0.2) is 37.8 Å². The Morgan fingerprint density at radius 1 is 1.60 bits per heavy atom. The van der Waals surface area contributed by atoms with Crippen LogP contribution in [0.5, 0.6) is 0 Å². The maximum atomic E-state index is 11.3. The van der Waals surface area contributed by atoms with Crippen LogP contribution in [0.2, 0.25) is 0 Å². The molecule has 15 heavy (non-hydrogen) atoms. The van der Waals surface area contributed by atoms with Crippen molar-refractivity contribution in [2.24, 2.45) is 0 Å². The molecule has 2 aromatic heterocycles. The molecule has 0 aliphatic carbocycles. The van der Waals surface area contributed by atoms with Gasteiger partial charge in [-0.3, -0.25) is 4.79 Å². The zero-order valence-electron chi connectivity index (χ0n) is 7.78. The molecule has 0 atom stereocenters. The molecule has 4 nitrogen and oxygen atoms in total. The van der Waals surface area contributed by atoms with Gasteiger partial charge in [0, 0.05) is 0 Å². The largest absolute Gasteiger partial charge is 0.468 e. The molecule has 2 rings (SSSR count). The highest BCUT2D eigenvalue weighted by Gasteiger charge is 2.09.